The number of rotatable bonds is 99. The number of hydrogen-bond acceptors (Lipinski definition) is 31. The first-order chi connectivity index (χ1) is 58.7. The van der Waals surface area contributed by atoms with Crippen molar-refractivity contribution in [2.45, 2.75) is 161 Å². The van der Waals surface area contributed by atoms with Crippen molar-refractivity contribution in [1.29, 1.82) is 0 Å². The minimum atomic E-state index is -1.46. The van der Waals surface area contributed by atoms with Crippen molar-refractivity contribution in [3.63, 3.8) is 0 Å². The zero-order chi connectivity index (χ0) is 85.4. The number of hydrazine groups is 1. The highest BCUT2D eigenvalue weighted by atomic mass is 16.6. The van der Waals surface area contributed by atoms with Crippen LogP contribution < -0.4 is 27.6 Å². The van der Waals surface area contributed by atoms with Crippen molar-refractivity contribution in [3.8, 4) is 0 Å². The van der Waals surface area contributed by atoms with Gasteiger partial charge in [-0.2, -0.15) is 0 Å². The minimum Gasteiger partial charge on any atom is -0.481 e. The van der Waals surface area contributed by atoms with E-state index in [2.05, 4.69) is 23.0 Å². The van der Waals surface area contributed by atoms with Gasteiger partial charge in [-0.05, 0) is 62.7 Å². The van der Waals surface area contributed by atoms with E-state index in [0.717, 1.165) is 94.9 Å². The molecule has 4 atom stereocenters. The maximum Gasteiger partial charge on any atom is 0.404 e. The molecule has 0 heterocycles. The van der Waals surface area contributed by atoms with Crippen LogP contribution >= 0.6 is 0 Å². The van der Waals surface area contributed by atoms with Gasteiger partial charge in [0.15, 0.2) is 0 Å². The van der Waals surface area contributed by atoms with E-state index >= 15 is 0 Å². The summed E-state index contributed by atoms with van der Waals surface area (Å²) in [5, 5.41) is 25.7. The molecule has 3 unspecified atom stereocenters. The molecule has 2 aliphatic rings. The fourth-order valence-corrected chi connectivity index (χ4v) is 12.9. The number of carboxylic acid groups (broad SMARTS) is 2. The number of nitrogens with one attached hydrogen (secondary N) is 3. The summed E-state index contributed by atoms with van der Waals surface area (Å²) >= 11 is 0. The molecule has 1 saturated carbocycles. The average molecular weight is 1720 g/mol. The van der Waals surface area contributed by atoms with Gasteiger partial charge in [-0.25, -0.2) is 4.79 Å². The maximum absolute atomic E-state index is 13.6. The van der Waals surface area contributed by atoms with Crippen LogP contribution in [0.15, 0.2) is 11.4 Å². The summed E-state index contributed by atoms with van der Waals surface area (Å²) in [5.74, 6) is 5.08. The van der Waals surface area contributed by atoms with Gasteiger partial charge in [0.25, 0.3) is 0 Å². The molecule has 0 radical (unpaired) electrons. The lowest BCUT2D eigenvalue weighted by molar-refractivity contribution is -0.157. The van der Waals surface area contributed by atoms with E-state index in [-0.39, 0.29) is 19.6 Å². The lowest BCUT2D eigenvalue weighted by Gasteiger charge is -2.28. The average Bonchev–Trinajstić information content (AvgIpc) is 1.62. The predicted molar refractivity (Wildman–Crippen MR) is 444 cm³/mol. The van der Waals surface area contributed by atoms with Gasteiger partial charge < -0.3 is 146 Å². The number of nitrogens with two attached hydrogens (primary N) is 2. The summed E-state index contributed by atoms with van der Waals surface area (Å²) in [7, 11) is 0. The van der Waals surface area contributed by atoms with Gasteiger partial charge >= 0.3 is 18.0 Å². The van der Waals surface area contributed by atoms with Gasteiger partial charge in [0.05, 0.1) is 311 Å². The number of ether oxygens (including phenoxy) is 24. The third-order valence-corrected chi connectivity index (χ3v) is 19.5. The molecule has 35 nitrogen and oxygen atoms in total. The Balaban J connectivity index is 1.18. The van der Waals surface area contributed by atoms with Crippen molar-refractivity contribution in [3.05, 3.63) is 11.4 Å². The summed E-state index contributed by atoms with van der Waals surface area (Å²) in [6.07, 6.45) is 21.0. The van der Waals surface area contributed by atoms with Gasteiger partial charge in [0, 0.05) is 30.9 Å². The second kappa shape index (κ2) is 87.5. The first kappa shape index (κ1) is 111. The van der Waals surface area contributed by atoms with E-state index in [1.54, 1.807) is 0 Å². The van der Waals surface area contributed by atoms with Gasteiger partial charge in [-0.3, -0.25) is 20.2 Å². The Bertz CT molecular complexity index is 2270. The Morgan fingerprint density at radius 2 is 0.563 bits per heavy atom. The molecule has 0 aromatic rings. The van der Waals surface area contributed by atoms with Crippen LogP contribution in [0.1, 0.15) is 161 Å². The van der Waals surface area contributed by atoms with E-state index in [1.807, 2.05) is 0 Å². The lowest BCUT2D eigenvalue weighted by atomic mass is 9.76. The van der Waals surface area contributed by atoms with Gasteiger partial charge in [-0.15, -0.1) is 0 Å². The molecule has 119 heavy (non-hydrogen) atoms. The summed E-state index contributed by atoms with van der Waals surface area (Å²) < 4.78 is 133. The zero-order valence-corrected chi connectivity index (χ0v) is 72.8. The Kier molecular flexibility index (Phi) is 81.7. The molecule has 35 heteroatoms. The Morgan fingerprint density at radius 1 is 0.328 bits per heavy atom. The van der Waals surface area contributed by atoms with Crippen LogP contribution in [0, 0.1) is 23.2 Å². The largest absolute Gasteiger partial charge is 0.481 e. The number of primary amides is 1. The second-order valence-electron chi connectivity index (χ2n) is 28.8. The first-order valence-corrected chi connectivity index (χ1v) is 44.5. The molecule has 2 amide bonds. The Hall–Kier alpha value is -3.94. The van der Waals surface area contributed by atoms with E-state index < -0.39 is 29.4 Å². The number of fused-ring (bicyclic) bond motifs is 1. The van der Waals surface area contributed by atoms with Crippen LogP contribution in [0.25, 0.3) is 0 Å². The molecular formula is C84H161N5O30. The number of hydrogen-bond donors (Lipinski definition) is 7. The van der Waals surface area contributed by atoms with E-state index in [9.17, 15) is 24.3 Å². The number of amides is 2. The molecule has 0 aromatic heterocycles. The fraction of sp³-hybridized carbons (Fsp3) is 0.929. The molecule has 0 aliphatic heterocycles. The predicted octanol–water partition coefficient (Wildman–Crippen LogP) is 7.26. The van der Waals surface area contributed by atoms with E-state index in [4.69, 9.17) is 130 Å². The number of aliphatic carboxylic acids is 2. The third kappa shape index (κ3) is 72.0. The number of carboxylic acids is 2. The van der Waals surface area contributed by atoms with Crippen LogP contribution in [-0.2, 0) is 128 Å². The summed E-state index contributed by atoms with van der Waals surface area (Å²) in [4.78, 5) is 48.1. The minimum absolute atomic E-state index is 0.209. The smallest absolute Gasteiger partial charge is 0.404 e. The van der Waals surface area contributed by atoms with E-state index in [1.165, 1.54) is 32.1 Å². The number of allylic oxidation sites excluding steroid dienone is 2. The number of carbonyl (C=O) groups is 4. The molecule has 1 fully saturated rings. The van der Waals surface area contributed by atoms with Crippen molar-refractivity contribution >= 4 is 23.9 Å². The molecule has 9 N–H and O–H groups in total. The van der Waals surface area contributed by atoms with E-state index in [0.29, 0.717) is 360 Å². The third-order valence-electron chi connectivity index (χ3n) is 19.5. The van der Waals surface area contributed by atoms with Crippen molar-refractivity contribution in [2.24, 2.45) is 34.7 Å². The van der Waals surface area contributed by atoms with Crippen molar-refractivity contribution in [2.75, 3.05) is 324 Å². The molecule has 2 aliphatic carbocycles. The normalized spacial score (nSPS) is 15.9. The van der Waals surface area contributed by atoms with Crippen LogP contribution in [0.3, 0.4) is 0 Å². The molecule has 0 saturated heterocycles. The topological polar surface area (TPSA) is 418 Å². The van der Waals surface area contributed by atoms with Crippen LogP contribution in [0.2, 0.25) is 0 Å². The van der Waals surface area contributed by atoms with Crippen molar-refractivity contribution < 1.29 is 143 Å². The number of unbranched alkanes of at least 4 members (excludes halogenated alkanes) is 15. The zero-order valence-electron chi connectivity index (χ0n) is 72.8. The van der Waals surface area contributed by atoms with Crippen molar-refractivity contribution in [1.82, 2.24) is 16.1 Å². The van der Waals surface area contributed by atoms with Crippen LogP contribution in [0.4, 0.5) is 4.79 Å². The number of carbonyl (C=O) groups excluding carboxylic acids is 2. The standard InChI is InChI=1S/C84H161N5O30/c1-2-3-4-5-6-8-11-14-17-24-84(82(93)94,25-18-15-12-9-7-10-13-16-19-80(90)91)81(92)88-27-29-97-31-33-99-35-37-101-39-41-103-43-45-105-47-49-107-51-53-109-55-57-111-59-61-113-63-65-115-67-69-117-71-73-118-72-70-116-68-66-114-64-62-112-60-58-110-56-54-108-52-50-106-48-46-104-44-42-102-40-38-100-36-34-98-32-30-96-28-26-87-78-22-20-75-76(21-23-79(78)89-86)77(75)74-119-83(85)95/h75-77,87,89H,2-74,86H2,1H3,(H2,85,95)(H,88,92)(H,90,91)(H,93,94)/b79-78-/t75?,76?,77-,84?/m0/s1. The highest BCUT2D eigenvalue weighted by Gasteiger charge is 2.50. The van der Waals surface area contributed by atoms with Crippen LogP contribution in [0.5, 0.6) is 0 Å². The summed E-state index contributed by atoms with van der Waals surface area (Å²) in [5.41, 5.74) is 8.70. The quantitative estimate of drug-likeness (QED) is 0.0136. The van der Waals surface area contributed by atoms with Crippen LogP contribution in [-0.4, -0.2) is 358 Å². The molecule has 0 bridgehead atoms. The SMILES string of the molecule is CCCCCCCCCCCC(CCCCCCCCCCC(=O)O)(C(=O)O)C(=O)NCCOCCOCCOCCOCCOCCOCCOCCOCCOCCOCCOCCOCCOCCOCCOCCOCCOCCOCCOCCOCCOCCOCCOCCN/C1=C(\NN)CCC2C(CC1)[C@@H]2COC(N)=O. The van der Waals surface area contributed by atoms with Gasteiger partial charge in [-0.1, -0.05) is 110 Å². The summed E-state index contributed by atoms with van der Waals surface area (Å²) in [6.45, 7) is 24.5. The molecule has 0 spiro atoms. The highest BCUT2D eigenvalue weighted by molar-refractivity contribution is 6.01. The maximum atomic E-state index is 13.6. The monoisotopic (exact) mass is 1720 g/mol. The Labute approximate surface area is 711 Å². The van der Waals surface area contributed by atoms with Gasteiger partial charge in [0.2, 0.25) is 5.91 Å². The fourth-order valence-electron chi connectivity index (χ4n) is 12.9. The Morgan fingerprint density at radius 3 is 0.807 bits per heavy atom. The highest BCUT2D eigenvalue weighted by Crippen LogP contribution is 2.53. The lowest BCUT2D eigenvalue weighted by Crippen LogP contribution is -2.47. The second-order valence-corrected chi connectivity index (χ2v) is 28.8. The molecule has 0 aromatic carbocycles. The molecular weight excluding hydrogens is 1560 g/mol. The molecule has 702 valence electrons. The van der Waals surface area contributed by atoms with Gasteiger partial charge in [0.1, 0.15) is 5.41 Å². The molecule has 2 rings (SSSR count). The summed E-state index contributed by atoms with van der Waals surface area (Å²) in [6, 6.07) is 0. The first-order valence-electron chi connectivity index (χ1n) is 44.5.